The molecule has 0 aliphatic carbocycles. The molecular formula is C22H36N2O3S. The smallest absolute Gasteiger partial charge is 0.243 e. The van der Waals surface area contributed by atoms with Gasteiger partial charge in [0.25, 0.3) is 0 Å². The molecule has 28 heavy (non-hydrogen) atoms. The molecule has 1 atom stereocenters. The molecule has 0 aromatic heterocycles. The number of benzene rings is 1. The van der Waals surface area contributed by atoms with Crippen LogP contribution in [0.5, 0.6) is 0 Å². The lowest BCUT2D eigenvalue weighted by Gasteiger charge is -2.32. The number of hydrogen-bond donors (Lipinski definition) is 1. The van der Waals surface area contributed by atoms with Crippen molar-refractivity contribution in [3.05, 3.63) is 28.8 Å². The Morgan fingerprint density at radius 1 is 1.07 bits per heavy atom. The molecule has 1 unspecified atom stereocenters. The van der Waals surface area contributed by atoms with E-state index < -0.39 is 10.0 Å². The van der Waals surface area contributed by atoms with Crippen molar-refractivity contribution in [3.8, 4) is 0 Å². The summed E-state index contributed by atoms with van der Waals surface area (Å²) in [6, 6.07) is 3.99. The summed E-state index contributed by atoms with van der Waals surface area (Å²) in [5, 5.41) is 3.11. The summed E-state index contributed by atoms with van der Waals surface area (Å²) < 4.78 is 27.9. The normalized spacial score (nSPS) is 17.7. The number of aryl methyl sites for hydroxylation is 3. The fourth-order valence-electron chi connectivity index (χ4n) is 4.08. The Labute approximate surface area is 170 Å². The molecule has 1 aliphatic heterocycles. The summed E-state index contributed by atoms with van der Waals surface area (Å²) in [5.74, 6) is 0.589. The van der Waals surface area contributed by atoms with Crippen molar-refractivity contribution in [1.29, 1.82) is 0 Å². The first-order chi connectivity index (χ1) is 13.0. The van der Waals surface area contributed by atoms with Crippen molar-refractivity contribution in [2.75, 3.05) is 13.1 Å². The third-order valence-electron chi connectivity index (χ3n) is 5.59. The van der Waals surface area contributed by atoms with E-state index in [4.69, 9.17) is 0 Å². The average Bonchev–Trinajstić information content (AvgIpc) is 2.58. The number of rotatable bonds is 7. The van der Waals surface area contributed by atoms with E-state index >= 15 is 0 Å². The van der Waals surface area contributed by atoms with E-state index in [0.29, 0.717) is 36.7 Å². The van der Waals surface area contributed by atoms with E-state index in [1.54, 1.807) is 4.31 Å². The molecule has 1 aromatic rings. The third-order valence-corrected chi connectivity index (χ3v) is 7.80. The third kappa shape index (κ3) is 5.57. The van der Waals surface area contributed by atoms with Crippen LogP contribution in [-0.2, 0) is 14.8 Å². The number of amides is 1. The van der Waals surface area contributed by atoms with E-state index in [1.807, 2.05) is 39.8 Å². The van der Waals surface area contributed by atoms with Gasteiger partial charge in [0.2, 0.25) is 15.9 Å². The lowest BCUT2D eigenvalue weighted by molar-refractivity contribution is -0.126. The van der Waals surface area contributed by atoms with Crippen LogP contribution in [0.1, 0.15) is 63.1 Å². The standard InChI is InChI=1S/C22H36N2O3S/c1-15(2)7-8-19(6)23-22(25)20-9-11-24(12-10-20)28(26,27)21-17(4)13-16(3)14-18(21)5/h13-15,19-20H,7-12H2,1-6H3,(H,23,25). The van der Waals surface area contributed by atoms with Gasteiger partial charge in [0, 0.05) is 25.0 Å². The average molecular weight is 409 g/mol. The Morgan fingerprint density at radius 3 is 2.11 bits per heavy atom. The molecule has 1 aliphatic rings. The van der Waals surface area contributed by atoms with Crippen LogP contribution in [0.2, 0.25) is 0 Å². The molecule has 1 amide bonds. The molecule has 1 aromatic carbocycles. The van der Waals surface area contributed by atoms with Crippen LogP contribution in [0.3, 0.4) is 0 Å². The second-order valence-electron chi connectivity index (χ2n) is 8.79. The molecule has 1 saturated heterocycles. The van der Waals surface area contributed by atoms with Crippen molar-refractivity contribution < 1.29 is 13.2 Å². The molecule has 0 saturated carbocycles. The van der Waals surface area contributed by atoms with Gasteiger partial charge in [-0.3, -0.25) is 4.79 Å². The summed E-state index contributed by atoms with van der Waals surface area (Å²) in [4.78, 5) is 13.0. The van der Waals surface area contributed by atoms with Crippen molar-refractivity contribution in [2.24, 2.45) is 11.8 Å². The maximum atomic E-state index is 13.2. The second kappa shape index (κ2) is 9.40. The molecule has 158 valence electrons. The van der Waals surface area contributed by atoms with Gasteiger partial charge in [0.15, 0.2) is 0 Å². The fourth-order valence-corrected chi connectivity index (χ4v) is 5.96. The van der Waals surface area contributed by atoms with E-state index in [9.17, 15) is 13.2 Å². The van der Waals surface area contributed by atoms with Crippen molar-refractivity contribution in [3.63, 3.8) is 0 Å². The van der Waals surface area contributed by atoms with E-state index in [2.05, 4.69) is 19.2 Å². The van der Waals surface area contributed by atoms with E-state index in [0.717, 1.165) is 29.5 Å². The predicted molar refractivity (Wildman–Crippen MR) is 114 cm³/mol. The lowest BCUT2D eigenvalue weighted by Crippen LogP contribution is -2.45. The highest BCUT2D eigenvalue weighted by Gasteiger charge is 2.33. The highest BCUT2D eigenvalue weighted by molar-refractivity contribution is 7.89. The molecule has 1 heterocycles. The van der Waals surface area contributed by atoms with Crippen molar-refractivity contribution in [2.45, 2.75) is 78.2 Å². The van der Waals surface area contributed by atoms with Gasteiger partial charge in [-0.1, -0.05) is 31.5 Å². The molecule has 0 spiro atoms. The van der Waals surface area contributed by atoms with Crippen LogP contribution in [0.25, 0.3) is 0 Å². The molecule has 6 heteroatoms. The number of carbonyl (C=O) groups is 1. The van der Waals surface area contributed by atoms with Gasteiger partial charge in [-0.2, -0.15) is 4.31 Å². The number of sulfonamides is 1. The topological polar surface area (TPSA) is 66.5 Å². The second-order valence-corrected chi connectivity index (χ2v) is 10.7. The van der Waals surface area contributed by atoms with Gasteiger partial charge in [-0.15, -0.1) is 0 Å². The summed E-state index contributed by atoms with van der Waals surface area (Å²) in [5.41, 5.74) is 2.64. The predicted octanol–water partition coefficient (Wildman–Crippen LogP) is 3.95. The summed E-state index contributed by atoms with van der Waals surface area (Å²) in [6.07, 6.45) is 3.22. The Balaban J connectivity index is 1.99. The first-order valence-corrected chi connectivity index (χ1v) is 11.8. The maximum absolute atomic E-state index is 13.2. The van der Waals surface area contributed by atoms with Gasteiger partial charge in [0.1, 0.15) is 0 Å². The first kappa shape index (κ1) is 22.9. The van der Waals surface area contributed by atoms with Gasteiger partial charge in [-0.25, -0.2) is 8.42 Å². The Hall–Kier alpha value is -1.40. The van der Waals surface area contributed by atoms with Gasteiger partial charge >= 0.3 is 0 Å². The van der Waals surface area contributed by atoms with Gasteiger partial charge in [0.05, 0.1) is 4.90 Å². The minimum Gasteiger partial charge on any atom is -0.353 e. The van der Waals surface area contributed by atoms with Crippen LogP contribution < -0.4 is 5.32 Å². The number of nitrogens with zero attached hydrogens (tertiary/aromatic N) is 1. The molecule has 0 bridgehead atoms. The molecular weight excluding hydrogens is 372 g/mol. The number of hydrogen-bond acceptors (Lipinski definition) is 3. The SMILES string of the molecule is Cc1cc(C)c(S(=O)(=O)N2CCC(C(=O)NC(C)CCC(C)C)CC2)c(C)c1. The maximum Gasteiger partial charge on any atom is 0.243 e. The van der Waals surface area contributed by atoms with E-state index in [-0.39, 0.29) is 17.9 Å². The highest BCUT2D eigenvalue weighted by atomic mass is 32.2. The molecule has 0 radical (unpaired) electrons. The number of nitrogens with one attached hydrogen (secondary N) is 1. The minimum absolute atomic E-state index is 0.0657. The number of piperidine rings is 1. The van der Waals surface area contributed by atoms with Crippen LogP contribution >= 0.6 is 0 Å². The van der Waals surface area contributed by atoms with Crippen LogP contribution in [0.15, 0.2) is 17.0 Å². The highest BCUT2D eigenvalue weighted by Crippen LogP contribution is 2.29. The Morgan fingerprint density at radius 2 is 1.61 bits per heavy atom. The van der Waals surface area contributed by atoms with Gasteiger partial charge in [-0.05, 0) is 70.4 Å². The number of carbonyl (C=O) groups excluding carboxylic acids is 1. The lowest BCUT2D eigenvalue weighted by atomic mass is 9.96. The molecule has 1 fully saturated rings. The van der Waals surface area contributed by atoms with Crippen LogP contribution in [0.4, 0.5) is 0 Å². The summed E-state index contributed by atoms with van der Waals surface area (Å²) in [6.45, 7) is 12.9. The van der Waals surface area contributed by atoms with E-state index in [1.165, 1.54) is 0 Å². The summed E-state index contributed by atoms with van der Waals surface area (Å²) in [7, 11) is -3.53. The summed E-state index contributed by atoms with van der Waals surface area (Å²) >= 11 is 0. The fraction of sp³-hybridized carbons (Fsp3) is 0.682. The zero-order valence-corrected chi connectivity index (χ0v) is 19.0. The zero-order valence-electron chi connectivity index (χ0n) is 18.2. The quantitative estimate of drug-likeness (QED) is 0.743. The Kier molecular flexibility index (Phi) is 7.68. The van der Waals surface area contributed by atoms with Gasteiger partial charge < -0.3 is 5.32 Å². The monoisotopic (exact) mass is 408 g/mol. The van der Waals surface area contributed by atoms with Crippen LogP contribution in [0, 0.1) is 32.6 Å². The van der Waals surface area contributed by atoms with Crippen LogP contribution in [-0.4, -0.2) is 37.8 Å². The molecule has 1 N–H and O–H groups in total. The zero-order chi connectivity index (χ0) is 21.1. The largest absolute Gasteiger partial charge is 0.353 e. The molecule has 5 nitrogen and oxygen atoms in total. The minimum atomic E-state index is -3.53. The first-order valence-electron chi connectivity index (χ1n) is 10.4. The van der Waals surface area contributed by atoms with Crippen molar-refractivity contribution >= 4 is 15.9 Å². The molecule has 2 rings (SSSR count). The Bertz CT molecular complexity index is 771. The van der Waals surface area contributed by atoms with Crippen molar-refractivity contribution in [1.82, 2.24) is 9.62 Å².